The Morgan fingerprint density at radius 3 is 2.52 bits per heavy atom. The minimum absolute atomic E-state index is 0.178. The van der Waals surface area contributed by atoms with Crippen LogP contribution in [-0.4, -0.2) is 22.2 Å². The fourth-order valence-corrected chi connectivity index (χ4v) is 2.81. The van der Waals surface area contributed by atoms with Gasteiger partial charge in [-0.15, -0.1) is 0 Å². The highest BCUT2D eigenvalue weighted by molar-refractivity contribution is 6.33. The zero-order valence-electron chi connectivity index (χ0n) is 13.7. The van der Waals surface area contributed by atoms with Crippen LogP contribution in [0.5, 0.6) is 0 Å². The Hall–Kier alpha value is -2.30. The van der Waals surface area contributed by atoms with Gasteiger partial charge in [0.05, 0.1) is 16.4 Å². The molecule has 6 heteroatoms. The average molecular weight is 374 g/mol. The molecule has 2 aromatic carbocycles. The second-order valence-corrected chi connectivity index (χ2v) is 6.38. The molecule has 0 spiro atoms. The molecular weight excluding hydrogens is 357 g/mol. The van der Waals surface area contributed by atoms with E-state index in [1.54, 1.807) is 28.9 Å². The number of amides is 1. The lowest BCUT2D eigenvalue weighted by atomic mass is 10.1. The topological polar surface area (TPSA) is 46.9 Å². The predicted molar refractivity (Wildman–Crippen MR) is 102 cm³/mol. The SMILES string of the molecule is CCCNC(=O)c1cc(-c2ccccc2Cl)nn1-c1ccc(Cl)cc1. The molecule has 0 unspecified atom stereocenters. The Bertz CT molecular complexity index is 888. The first-order chi connectivity index (χ1) is 12.1. The van der Waals surface area contributed by atoms with Gasteiger partial charge in [0.15, 0.2) is 0 Å². The fraction of sp³-hybridized carbons (Fsp3) is 0.158. The third kappa shape index (κ3) is 3.86. The van der Waals surface area contributed by atoms with Crippen LogP contribution in [0.1, 0.15) is 23.8 Å². The molecule has 3 aromatic rings. The lowest BCUT2D eigenvalue weighted by Gasteiger charge is -2.07. The van der Waals surface area contributed by atoms with Crippen LogP contribution in [0, 0.1) is 0 Å². The van der Waals surface area contributed by atoms with Crippen LogP contribution in [-0.2, 0) is 0 Å². The van der Waals surface area contributed by atoms with Gasteiger partial charge in [0.2, 0.25) is 0 Å². The molecule has 4 nitrogen and oxygen atoms in total. The molecule has 3 rings (SSSR count). The van der Waals surface area contributed by atoms with Gasteiger partial charge < -0.3 is 5.32 Å². The van der Waals surface area contributed by atoms with Crippen LogP contribution in [0.15, 0.2) is 54.6 Å². The first kappa shape index (κ1) is 17.5. The lowest BCUT2D eigenvalue weighted by Crippen LogP contribution is -2.26. The number of carbonyl (C=O) groups is 1. The number of rotatable bonds is 5. The van der Waals surface area contributed by atoms with Crippen LogP contribution < -0.4 is 5.32 Å². The number of hydrogen-bond acceptors (Lipinski definition) is 2. The standard InChI is InChI=1S/C19H17Cl2N3O/c1-2-11-22-19(25)18-12-17(15-5-3-4-6-16(15)21)23-24(18)14-9-7-13(20)8-10-14/h3-10,12H,2,11H2,1H3,(H,22,25). The van der Waals surface area contributed by atoms with Crippen LogP contribution >= 0.6 is 23.2 Å². The van der Waals surface area contributed by atoms with E-state index >= 15 is 0 Å². The van der Waals surface area contributed by atoms with Crippen molar-refractivity contribution in [3.63, 3.8) is 0 Å². The fourth-order valence-electron chi connectivity index (χ4n) is 2.45. The van der Waals surface area contributed by atoms with E-state index in [0.717, 1.165) is 17.7 Å². The van der Waals surface area contributed by atoms with E-state index in [-0.39, 0.29) is 5.91 Å². The van der Waals surface area contributed by atoms with Crippen LogP contribution in [0.2, 0.25) is 10.0 Å². The highest BCUT2D eigenvalue weighted by atomic mass is 35.5. The molecule has 1 heterocycles. The maximum Gasteiger partial charge on any atom is 0.270 e. The number of halogens is 2. The first-order valence-corrected chi connectivity index (χ1v) is 8.75. The van der Waals surface area contributed by atoms with E-state index in [2.05, 4.69) is 10.4 Å². The van der Waals surface area contributed by atoms with Crippen molar-refractivity contribution >= 4 is 29.1 Å². The van der Waals surface area contributed by atoms with Crippen molar-refractivity contribution < 1.29 is 4.79 Å². The van der Waals surface area contributed by atoms with E-state index in [1.165, 1.54) is 0 Å². The minimum Gasteiger partial charge on any atom is -0.351 e. The van der Waals surface area contributed by atoms with Gasteiger partial charge >= 0.3 is 0 Å². The molecular formula is C19H17Cl2N3O. The van der Waals surface area contributed by atoms with Gasteiger partial charge in [0, 0.05) is 17.1 Å². The highest BCUT2D eigenvalue weighted by Crippen LogP contribution is 2.28. The summed E-state index contributed by atoms with van der Waals surface area (Å²) in [5.41, 5.74) is 2.62. The number of benzene rings is 2. The summed E-state index contributed by atoms with van der Waals surface area (Å²) in [6.45, 7) is 2.61. The lowest BCUT2D eigenvalue weighted by molar-refractivity contribution is 0.0946. The monoisotopic (exact) mass is 373 g/mol. The minimum atomic E-state index is -0.178. The van der Waals surface area contributed by atoms with Crippen molar-refractivity contribution in [2.45, 2.75) is 13.3 Å². The Kier molecular flexibility index (Phi) is 5.41. The number of nitrogens with zero attached hydrogens (tertiary/aromatic N) is 2. The van der Waals surface area contributed by atoms with Crippen molar-refractivity contribution in [1.82, 2.24) is 15.1 Å². The van der Waals surface area contributed by atoms with Gasteiger partial charge in [-0.25, -0.2) is 4.68 Å². The van der Waals surface area contributed by atoms with Crippen molar-refractivity contribution in [2.24, 2.45) is 0 Å². The maximum absolute atomic E-state index is 12.6. The Morgan fingerprint density at radius 1 is 1.12 bits per heavy atom. The summed E-state index contributed by atoms with van der Waals surface area (Å²) in [5.74, 6) is -0.178. The van der Waals surface area contributed by atoms with Gasteiger partial charge in [0.25, 0.3) is 5.91 Å². The molecule has 1 amide bonds. The van der Waals surface area contributed by atoms with Crippen molar-refractivity contribution in [2.75, 3.05) is 6.54 Å². The van der Waals surface area contributed by atoms with E-state index in [4.69, 9.17) is 23.2 Å². The summed E-state index contributed by atoms with van der Waals surface area (Å²) in [7, 11) is 0. The predicted octanol–water partition coefficient (Wildman–Crippen LogP) is 4.99. The Labute approximate surface area is 156 Å². The van der Waals surface area contributed by atoms with Gasteiger partial charge in [-0.3, -0.25) is 4.79 Å². The summed E-state index contributed by atoms with van der Waals surface area (Å²) in [4.78, 5) is 12.6. The number of hydrogen-bond donors (Lipinski definition) is 1. The average Bonchev–Trinajstić information content (AvgIpc) is 3.06. The molecule has 0 saturated carbocycles. The van der Waals surface area contributed by atoms with Gasteiger partial charge in [0.1, 0.15) is 5.69 Å². The van der Waals surface area contributed by atoms with Gasteiger partial charge in [-0.1, -0.05) is 48.3 Å². The molecule has 0 saturated heterocycles. The third-order valence-corrected chi connectivity index (χ3v) is 4.28. The van der Waals surface area contributed by atoms with Crippen LogP contribution in [0.3, 0.4) is 0 Å². The summed E-state index contributed by atoms with van der Waals surface area (Å²) >= 11 is 12.2. The van der Waals surface area contributed by atoms with Crippen molar-refractivity contribution in [1.29, 1.82) is 0 Å². The zero-order chi connectivity index (χ0) is 17.8. The Morgan fingerprint density at radius 2 is 1.84 bits per heavy atom. The number of carbonyl (C=O) groups excluding carboxylic acids is 1. The molecule has 0 radical (unpaired) electrons. The molecule has 128 valence electrons. The molecule has 1 aromatic heterocycles. The number of nitrogens with one attached hydrogen (secondary N) is 1. The highest BCUT2D eigenvalue weighted by Gasteiger charge is 2.18. The molecule has 0 fully saturated rings. The van der Waals surface area contributed by atoms with E-state index < -0.39 is 0 Å². The summed E-state index contributed by atoms with van der Waals surface area (Å²) < 4.78 is 1.61. The van der Waals surface area contributed by atoms with Crippen molar-refractivity contribution in [3.05, 3.63) is 70.3 Å². The number of aromatic nitrogens is 2. The molecule has 0 aliphatic carbocycles. The van der Waals surface area contributed by atoms with Gasteiger partial charge in [-0.05, 0) is 42.8 Å². The van der Waals surface area contributed by atoms with E-state index in [1.807, 2.05) is 37.3 Å². The van der Waals surface area contributed by atoms with Crippen LogP contribution in [0.4, 0.5) is 0 Å². The maximum atomic E-state index is 12.6. The Balaban J connectivity index is 2.09. The van der Waals surface area contributed by atoms with Crippen LogP contribution in [0.25, 0.3) is 16.9 Å². The molecule has 25 heavy (non-hydrogen) atoms. The second kappa shape index (κ2) is 7.72. The smallest absolute Gasteiger partial charge is 0.270 e. The summed E-state index contributed by atoms with van der Waals surface area (Å²) in [6.07, 6.45) is 0.859. The largest absolute Gasteiger partial charge is 0.351 e. The third-order valence-electron chi connectivity index (χ3n) is 3.70. The summed E-state index contributed by atoms with van der Waals surface area (Å²) in [5, 5.41) is 8.70. The molecule has 0 bridgehead atoms. The summed E-state index contributed by atoms with van der Waals surface area (Å²) in [6, 6.07) is 16.4. The van der Waals surface area contributed by atoms with Gasteiger partial charge in [-0.2, -0.15) is 5.10 Å². The molecule has 0 aliphatic rings. The zero-order valence-corrected chi connectivity index (χ0v) is 15.2. The van der Waals surface area contributed by atoms with E-state index in [9.17, 15) is 4.79 Å². The molecule has 1 N–H and O–H groups in total. The normalized spacial score (nSPS) is 10.7. The first-order valence-electron chi connectivity index (χ1n) is 7.99. The quantitative estimate of drug-likeness (QED) is 0.684. The van der Waals surface area contributed by atoms with Crippen molar-refractivity contribution in [3.8, 4) is 16.9 Å². The second-order valence-electron chi connectivity index (χ2n) is 5.54. The van der Waals surface area contributed by atoms with E-state index in [0.29, 0.717) is 28.0 Å². The molecule has 0 aliphatic heterocycles. The molecule has 0 atom stereocenters.